The van der Waals surface area contributed by atoms with Gasteiger partial charge in [0.05, 0.1) is 0 Å². The van der Waals surface area contributed by atoms with Crippen LogP contribution in [-0.4, -0.2) is 23.4 Å². The van der Waals surface area contributed by atoms with Crippen LogP contribution in [0.15, 0.2) is 22.7 Å². The first-order valence-electron chi connectivity index (χ1n) is 7.74. The zero-order chi connectivity index (χ0) is 15.4. The van der Waals surface area contributed by atoms with Crippen LogP contribution in [0.1, 0.15) is 56.3 Å². The Kier molecular flexibility index (Phi) is 6.12. The normalized spacial score (nSPS) is 15.7. The first-order chi connectivity index (χ1) is 9.97. The minimum Gasteiger partial charge on any atom is -0.336 e. The largest absolute Gasteiger partial charge is 0.336 e. The lowest BCUT2D eigenvalue weighted by molar-refractivity contribution is 0.0672. The number of carbonyl (C=O) groups is 1. The van der Waals surface area contributed by atoms with Crippen molar-refractivity contribution in [2.24, 2.45) is 5.92 Å². The van der Waals surface area contributed by atoms with Gasteiger partial charge in [-0.05, 0) is 43.4 Å². The highest BCUT2D eigenvalue weighted by atomic mass is 79.9. The Morgan fingerprint density at radius 3 is 2.57 bits per heavy atom. The molecule has 21 heavy (non-hydrogen) atoms. The fourth-order valence-corrected chi connectivity index (χ4v) is 3.77. The topological polar surface area (TPSA) is 20.3 Å². The van der Waals surface area contributed by atoms with Gasteiger partial charge in [-0.15, -0.1) is 0 Å². The van der Waals surface area contributed by atoms with Gasteiger partial charge in [-0.1, -0.05) is 54.2 Å². The molecule has 0 spiro atoms. The molecule has 0 bridgehead atoms. The highest BCUT2D eigenvalue weighted by Crippen LogP contribution is 2.27. The van der Waals surface area contributed by atoms with E-state index in [1.165, 1.54) is 12.8 Å². The Bertz CT molecular complexity index is 477. The summed E-state index contributed by atoms with van der Waals surface area (Å²) in [6.45, 7) is 5.24. The van der Waals surface area contributed by atoms with Gasteiger partial charge < -0.3 is 4.90 Å². The molecule has 1 aromatic rings. The Morgan fingerprint density at radius 2 is 2.00 bits per heavy atom. The quantitative estimate of drug-likeness (QED) is 0.665. The lowest BCUT2D eigenvalue weighted by Crippen LogP contribution is -2.40. The molecule has 1 aliphatic rings. The summed E-state index contributed by atoms with van der Waals surface area (Å²) in [5, 5.41) is 0.600. The smallest absolute Gasteiger partial charge is 0.254 e. The van der Waals surface area contributed by atoms with Gasteiger partial charge in [0.15, 0.2) is 0 Å². The second kappa shape index (κ2) is 7.64. The average Bonchev–Trinajstić information content (AvgIpc) is 2.91. The number of amides is 1. The molecule has 0 unspecified atom stereocenters. The summed E-state index contributed by atoms with van der Waals surface area (Å²) in [5.41, 5.74) is 0.685. The SMILES string of the molecule is CC(C)CCN(C(=O)c1cc(Cl)cc(Br)c1)C1CCCC1. The van der Waals surface area contributed by atoms with E-state index in [9.17, 15) is 4.79 Å². The van der Waals surface area contributed by atoms with Gasteiger partial charge >= 0.3 is 0 Å². The lowest BCUT2D eigenvalue weighted by atomic mass is 10.1. The molecular formula is C17H23BrClNO. The van der Waals surface area contributed by atoms with E-state index in [2.05, 4.69) is 34.7 Å². The van der Waals surface area contributed by atoms with Gasteiger partial charge in [0.25, 0.3) is 5.91 Å². The summed E-state index contributed by atoms with van der Waals surface area (Å²) in [6.07, 6.45) is 5.77. The van der Waals surface area contributed by atoms with Crippen LogP contribution in [0.3, 0.4) is 0 Å². The van der Waals surface area contributed by atoms with Crippen LogP contribution in [0.5, 0.6) is 0 Å². The molecule has 0 aromatic heterocycles. The third-order valence-corrected chi connectivity index (χ3v) is 4.76. The lowest BCUT2D eigenvalue weighted by Gasteiger charge is -2.30. The molecule has 1 amide bonds. The first-order valence-corrected chi connectivity index (χ1v) is 8.91. The van der Waals surface area contributed by atoms with Crippen molar-refractivity contribution in [1.82, 2.24) is 4.90 Å². The summed E-state index contributed by atoms with van der Waals surface area (Å²) in [5.74, 6) is 0.721. The van der Waals surface area contributed by atoms with Crippen LogP contribution in [0, 0.1) is 5.92 Å². The number of benzene rings is 1. The molecule has 4 heteroatoms. The molecule has 0 radical (unpaired) electrons. The Labute approximate surface area is 141 Å². The number of halogens is 2. The van der Waals surface area contributed by atoms with Crippen LogP contribution >= 0.6 is 27.5 Å². The van der Waals surface area contributed by atoms with Crippen LogP contribution in [0.25, 0.3) is 0 Å². The van der Waals surface area contributed by atoms with Crippen LogP contribution in [-0.2, 0) is 0 Å². The number of carbonyl (C=O) groups excluding carboxylic acids is 1. The monoisotopic (exact) mass is 371 g/mol. The van der Waals surface area contributed by atoms with Crippen molar-refractivity contribution < 1.29 is 4.79 Å². The maximum absolute atomic E-state index is 12.9. The summed E-state index contributed by atoms with van der Waals surface area (Å²) < 4.78 is 0.855. The van der Waals surface area contributed by atoms with Crippen LogP contribution < -0.4 is 0 Å². The standard InChI is InChI=1S/C17H23BrClNO/c1-12(2)7-8-20(16-5-3-4-6-16)17(21)13-9-14(18)11-15(19)10-13/h9-12,16H,3-8H2,1-2H3. The number of nitrogens with zero attached hydrogens (tertiary/aromatic N) is 1. The molecule has 2 rings (SSSR count). The predicted octanol–water partition coefficient (Wildman–Crippen LogP) is 5.53. The highest BCUT2D eigenvalue weighted by molar-refractivity contribution is 9.10. The summed E-state index contributed by atoms with van der Waals surface area (Å²) in [6, 6.07) is 5.85. The molecule has 0 aliphatic heterocycles. The molecule has 0 heterocycles. The van der Waals surface area contributed by atoms with E-state index in [0.717, 1.165) is 30.3 Å². The van der Waals surface area contributed by atoms with Crippen molar-refractivity contribution in [3.05, 3.63) is 33.3 Å². The van der Waals surface area contributed by atoms with E-state index in [1.54, 1.807) is 6.07 Å². The van der Waals surface area contributed by atoms with Gasteiger partial charge in [-0.25, -0.2) is 0 Å². The molecule has 2 nitrogen and oxygen atoms in total. The number of rotatable bonds is 5. The fraction of sp³-hybridized carbons (Fsp3) is 0.588. The second-order valence-corrected chi connectivity index (χ2v) is 7.63. The van der Waals surface area contributed by atoms with E-state index in [4.69, 9.17) is 11.6 Å². The third kappa shape index (κ3) is 4.72. The molecule has 1 saturated carbocycles. The fourth-order valence-electron chi connectivity index (χ4n) is 2.91. The van der Waals surface area contributed by atoms with E-state index in [1.807, 2.05) is 12.1 Å². The average molecular weight is 373 g/mol. The summed E-state index contributed by atoms with van der Waals surface area (Å²) in [4.78, 5) is 15.0. The van der Waals surface area contributed by atoms with Crippen molar-refractivity contribution in [3.8, 4) is 0 Å². The molecule has 116 valence electrons. The van der Waals surface area contributed by atoms with Gasteiger partial charge in [0.1, 0.15) is 0 Å². The number of hydrogen-bond donors (Lipinski definition) is 0. The van der Waals surface area contributed by atoms with Crippen LogP contribution in [0.2, 0.25) is 5.02 Å². The van der Waals surface area contributed by atoms with Crippen molar-refractivity contribution in [2.45, 2.75) is 52.0 Å². The Balaban J connectivity index is 2.19. The maximum Gasteiger partial charge on any atom is 0.254 e. The molecule has 1 fully saturated rings. The second-order valence-electron chi connectivity index (χ2n) is 6.28. The highest BCUT2D eigenvalue weighted by Gasteiger charge is 2.27. The minimum atomic E-state index is 0.116. The number of hydrogen-bond acceptors (Lipinski definition) is 1. The van der Waals surface area contributed by atoms with E-state index >= 15 is 0 Å². The summed E-state index contributed by atoms with van der Waals surface area (Å²) >= 11 is 9.51. The van der Waals surface area contributed by atoms with Gasteiger partial charge in [-0.3, -0.25) is 4.79 Å². The molecule has 1 aromatic carbocycles. The van der Waals surface area contributed by atoms with E-state index < -0.39 is 0 Å². The van der Waals surface area contributed by atoms with Crippen molar-refractivity contribution in [3.63, 3.8) is 0 Å². The van der Waals surface area contributed by atoms with Gasteiger partial charge in [-0.2, -0.15) is 0 Å². The molecular weight excluding hydrogens is 350 g/mol. The Hall–Kier alpha value is -0.540. The predicted molar refractivity (Wildman–Crippen MR) is 91.9 cm³/mol. The molecule has 0 atom stereocenters. The Morgan fingerprint density at radius 1 is 1.33 bits per heavy atom. The molecule has 1 aliphatic carbocycles. The van der Waals surface area contributed by atoms with E-state index in [-0.39, 0.29) is 5.91 Å². The minimum absolute atomic E-state index is 0.116. The van der Waals surface area contributed by atoms with Gasteiger partial charge in [0, 0.05) is 27.6 Å². The van der Waals surface area contributed by atoms with E-state index in [0.29, 0.717) is 22.5 Å². The molecule has 0 N–H and O–H groups in total. The molecule has 0 saturated heterocycles. The summed E-state index contributed by atoms with van der Waals surface area (Å²) in [7, 11) is 0. The van der Waals surface area contributed by atoms with Crippen LogP contribution in [0.4, 0.5) is 0 Å². The maximum atomic E-state index is 12.9. The third-order valence-electron chi connectivity index (χ3n) is 4.08. The van der Waals surface area contributed by atoms with Crippen molar-refractivity contribution >= 4 is 33.4 Å². The van der Waals surface area contributed by atoms with Gasteiger partial charge in [0.2, 0.25) is 0 Å². The first kappa shape index (κ1) is 16.8. The zero-order valence-corrected chi connectivity index (χ0v) is 15.1. The van der Waals surface area contributed by atoms with Crippen molar-refractivity contribution in [2.75, 3.05) is 6.54 Å². The zero-order valence-electron chi connectivity index (χ0n) is 12.7. The van der Waals surface area contributed by atoms with Crippen molar-refractivity contribution in [1.29, 1.82) is 0 Å².